The largest absolute Gasteiger partial charge is 0.383 e. The number of aromatic nitrogens is 2. The van der Waals surface area contributed by atoms with Crippen LogP contribution < -0.4 is 5.73 Å². The Morgan fingerprint density at radius 1 is 1.21 bits per heavy atom. The van der Waals surface area contributed by atoms with Crippen molar-refractivity contribution in [3.05, 3.63) is 38.4 Å². The van der Waals surface area contributed by atoms with Crippen LogP contribution in [0.2, 0.25) is 10.0 Å². The fourth-order valence-corrected chi connectivity index (χ4v) is 2.90. The minimum Gasteiger partial charge on any atom is -0.383 e. The lowest BCUT2D eigenvalue weighted by Gasteiger charge is -2.09. The average molecular weight is 359 g/mol. The highest BCUT2D eigenvalue weighted by molar-refractivity contribution is 9.10. The van der Waals surface area contributed by atoms with E-state index >= 15 is 0 Å². The third-order valence-corrected chi connectivity index (χ3v) is 4.40. The number of benzene rings is 1. The van der Waals surface area contributed by atoms with Crippen molar-refractivity contribution >= 4 is 44.9 Å². The number of halogens is 3. The third kappa shape index (κ3) is 2.57. The van der Waals surface area contributed by atoms with E-state index < -0.39 is 0 Å². The Morgan fingerprint density at radius 2 is 1.95 bits per heavy atom. The Morgan fingerprint density at radius 3 is 2.58 bits per heavy atom. The standard InChI is InChI=1S/C13H10BrCl2N3/c14-10-11(6-1-2-6)18-13(19-12(10)17)8-4-3-7(15)5-9(8)16/h3-6H,1-2H2,(H2,17,18,19). The van der Waals surface area contributed by atoms with Crippen molar-refractivity contribution in [3.8, 4) is 11.4 Å². The highest BCUT2D eigenvalue weighted by Gasteiger charge is 2.29. The Hall–Kier alpha value is -0.840. The highest BCUT2D eigenvalue weighted by atomic mass is 79.9. The molecule has 1 aromatic heterocycles. The molecule has 0 saturated heterocycles. The molecule has 2 aromatic rings. The monoisotopic (exact) mass is 357 g/mol. The summed E-state index contributed by atoms with van der Waals surface area (Å²) in [7, 11) is 0. The first-order valence-electron chi connectivity index (χ1n) is 5.84. The maximum absolute atomic E-state index is 6.19. The molecule has 3 nitrogen and oxygen atoms in total. The second-order valence-electron chi connectivity index (χ2n) is 4.53. The first kappa shape index (κ1) is 13.2. The van der Waals surface area contributed by atoms with Gasteiger partial charge in [-0.3, -0.25) is 0 Å². The molecule has 0 bridgehead atoms. The number of rotatable bonds is 2. The van der Waals surface area contributed by atoms with Gasteiger partial charge in [0.25, 0.3) is 0 Å². The van der Waals surface area contributed by atoms with Crippen LogP contribution in [0, 0.1) is 0 Å². The van der Waals surface area contributed by atoms with E-state index in [-0.39, 0.29) is 0 Å². The van der Waals surface area contributed by atoms with Gasteiger partial charge in [0.05, 0.1) is 15.2 Å². The number of anilines is 1. The summed E-state index contributed by atoms with van der Waals surface area (Å²) in [6, 6.07) is 5.25. The van der Waals surface area contributed by atoms with Crippen LogP contribution in [0.3, 0.4) is 0 Å². The molecule has 0 unspecified atom stereocenters. The average Bonchev–Trinajstić information content (AvgIpc) is 3.17. The summed E-state index contributed by atoms with van der Waals surface area (Å²) < 4.78 is 0.795. The Balaban J connectivity index is 2.14. The van der Waals surface area contributed by atoms with Gasteiger partial charge in [0, 0.05) is 16.5 Å². The molecule has 1 fully saturated rings. The summed E-state index contributed by atoms with van der Waals surface area (Å²) in [5.74, 6) is 1.46. The van der Waals surface area contributed by atoms with E-state index in [4.69, 9.17) is 28.9 Å². The van der Waals surface area contributed by atoms with Gasteiger partial charge in [-0.05, 0) is 47.0 Å². The molecule has 0 spiro atoms. The normalized spacial score (nSPS) is 14.7. The van der Waals surface area contributed by atoms with Gasteiger partial charge in [-0.1, -0.05) is 23.2 Å². The van der Waals surface area contributed by atoms with E-state index in [9.17, 15) is 0 Å². The van der Waals surface area contributed by atoms with Crippen LogP contribution in [0.4, 0.5) is 5.82 Å². The van der Waals surface area contributed by atoms with Crippen LogP contribution in [-0.4, -0.2) is 9.97 Å². The molecule has 3 rings (SSSR count). The SMILES string of the molecule is Nc1nc(-c2ccc(Cl)cc2Cl)nc(C2CC2)c1Br. The van der Waals surface area contributed by atoms with E-state index in [0.29, 0.717) is 27.6 Å². The fourth-order valence-electron chi connectivity index (χ4n) is 1.90. The Labute approximate surface area is 129 Å². The van der Waals surface area contributed by atoms with Crippen LogP contribution in [0.5, 0.6) is 0 Å². The van der Waals surface area contributed by atoms with Gasteiger partial charge in [0.1, 0.15) is 5.82 Å². The molecule has 1 aliphatic rings. The first-order chi connectivity index (χ1) is 9.06. The second-order valence-corrected chi connectivity index (χ2v) is 6.17. The molecular formula is C13H10BrCl2N3. The van der Waals surface area contributed by atoms with Gasteiger partial charge in [-0.25, -0.2) is 9.97 Å². The molecule has 0 amide bonds. The summed E-state index contributed by atoms with van der Waals surface area (Å²) in [6.45, 7) is 0. The van der Waals surface area contributed by atoms with Crippen LogP contribution in [-0.2, 0) is 0 Å². The summed E-state index contributed by atoms with van der Waals surface area (Å²) in [5, 5.41) is 1.11. The predicted octanol–water partition coefficient (Wildman–Crippen LogP) is 4.67. The van der Waals surface area contributed by atoms with Gasteiger partial charge in [-0.2, -0.15) is 0 Å². The lowest BCUT2D eigenvalue weighted by atomic mass is 10.2. The van der Waals surface area contributed by atoms with E-state index in [1.165, 1.54) is 0 Å². The van der Waals surface area contributed by atoms with Crippen molar-refractivity contribution in [2.24, 2.45) is 0 Å². The number of nitrogen functional groups attached to an aromatic ring is 1. The molecule has 0 aliphatic heterocycles. The molecule has 6 heteroatoms. The maximum Gasteiger partial charge on any atom is 0.163 e. The molecule has 2 N–H and O–H groups in total. The van der Waals surface area contributed by atoms with Crippen molar-refractivity contribution in [1.29, 1.82) is 0 Å². The molecule has 1 aromatic carbocycles. The van der Waals surface area contributed by atoms with E-state index in [1.807, 2.05) is 6.07 Å². The van der Waals surface area contributed by atoms with E-state index in [1.54, 1.807) is 12.1 Å². The maximum atomic E-state index is 6.19. The number of hydrogen-bond acceptors (Lipinski definition) is 3. The molecule has 0 radical (unpaired) electrons. The van der Waals surface area contributed by atoms with Gasteiger partial charge < -0.3 is 5.73 Å². The van der Waals surface area contributed by atoms with Crippen molar-refractivity contribution in [3.63, 3.8) is 0 Å². The quantitative estimate of drug-likeness (QED) is 0.848. The molecule has 1 heterocycles. The number of nitrogens with zero attached hydrogens (tertiary/aromatic N) is 2. The molecule has 1 aliphatic carbocycles. The van der Waals surface area contributed by atoms with Gasteiger partial charge in [0.2, 0.25) is 0 Å². The summed E-state index contributed by atoms with van der Waals surface area (Å²) in [5.41, 5.74) is 7.65. The first-order valence-corrected chi connectivity index (χ1v) is 7.39. The van der Waals surface area contributed by atoms with Crippen molar-refractivity contribution in [1.82, 2.24) is 9.97 Å². The van der Waals surface area contributed by atoms with Gasteiger partial charge >= 0.3 is 0 Å². The highest BCUT2D eigenvalue weighted by Crippen LogP contribution is 2.44. The van der Waals surface area contributed by atoms with Crippen molar-refractivity contribution in [2.75, 3.05) is 5.73 Å². The van der Waals surface area contributed by atoms with Gasteiger partial charge in [-0.15, -0.1) is 0 Å². The smallest absolute Gasteiger partial charge is 0.163 e. The lowest BCUT2D eigenvalue weighted by molar-refractivity contribution is 0.984. The summed E-state index contributed by atoms with van der Waals surface area (Å²) in [6.07, 6.45) is 2.28. The van der Waals surface area contributed by atoms with Crippen LogP contribution in [0.25, 0.3) is 11.4 Å². The molecule has 1 saturated carbocycles. The number of hydrogen-bond donors (Lipinski definition) is 1. The minimum atomic E-state index is 0.443. The van der Waals surface area contributed by atoms with Crippen LogP contribution in [0.15, 0.2) is 22.7 Å². The van der Waals surface area contributed by atoms with E-state index in [0.717, 1.165) is 28.6 Å². The minimum absolute atomic E-state index is 0.443. The topological polar surface area (TPSA) is 51.8 Å². The Bertz CT molecular complexity index is 657. The Kier molecular flexibility index (Phi) is 3.41. The molecular weight excluding hydrogens is 349 g/mol. The summed E-state index contributed by atoms with van der Waals surface area (Å²) in [4.78, 5) is 8.89. The number of nitrogens with two attached hydrogens (primary N) is 1. The molecule has 98 valence electrons. The van der Waals surface area contributed by atoms with E-state index in [2.05, 4.69) is 25.9 Å². The molecule has 0 atom stereocenters. The second kappa shape index (κ2) is 4.93. The van der Waals surface area contributed by atoms with Crippen molar-refractivity contribution in [2.45, 2.75) is 18.8 Å². The van der Waals surface area contributed by atoms with Crippen LogP contribution >= 0.6 is 39.1 Å². The van der Waals surface area contributed by atoms with Crippen LogP contribution in [0.1, 0.15) is 24.5 Å². The zero-order chi connectivity index (χ0) is 13.6. The van der Waals surface area contributed by atoms with Gasteiger partial charge in [0.15, 0.2) is 5.82 Å². The zero-order valence-corrected chi connectivity index (χ0v) is 12.9. The molecule has 19 heavy (non-hydrogen) atoms. The predicted molar refractivity (Wildman–Crippen MR) is 81.6 cm³/mol. The third-order valence-electron chi connectivity index (χ3n) is 3.04. The van der Waals surface area contributed by atoms with Crippen molar-refractivity contribution < 1.29 is 0 Å². The lowest BCUT2D eigenvalue weighted by Crippen LogP contribution is -2.02. The fraction of sp³-hybridized carbons (Fsp3) is 0.231. The zero-order valence-electron chi connectivity index (χ0n) is 9.83. The summed E-state index contributed by atoms with van der Waals surface area (Å²) >= 11 is 15.5.